The van der Waals surface area contributed by atoms with E-state index in [4.69, 9.17) is 9.47 Å². The number of amides is 2. The molecule has 132 valence electrons. The lowest BCUT2D eigenvalue weighted by molar-refractivity contribution is -0.123. The molecule has 25 heavy (non-hydrogen) atoms. The van der Waals surface area contributed by atoms with Gasteiger partial charge in [0, 0.05) is 5.56 Å². The third kappa shape index (κ3) is 5.22. The van der Waals surface area contributed by atoms with Crippen molar-refractivity contribution in [2.75, 3.05) is 13.7 Å². The molecule has 2 N–H and O–H groups in total. The van der Waals surface area contributed by atoms with Crippen molar-refractivity contribution in [3.63, 3.8) is 0 Å². The zero-order valence-corrected chi connectivity index (χ0v) is 15.8. The van der Waals surface area contributed by atoms with Crippen LogP contribution in [0.5, 0.6) is 11.5 Å². The van der Waals surface area contributed by atoms with Crippen molar-refractivity contribution in [3.05, 3.63) is 57.6 Å². The number of carbonyl (C=O) groups excluding carboxylic acids is 2. The summed E-state index contributed by atoms with van der Waals surface area (Å²) in [6.45, 7) is 3.65. The number of ether oxygens (including phenoxy) is 2. The van der Waals surface area contributed by atoms with E-state index in [2.05, 4.69) is 26.8 Å². The first-order valence-corrected chi connectivity index (χ1v) is 8.33. The summed E-state index contributed by atoms with van der Waals surface area (Å²) in [5.41, 5.74) is 7.02. The second-order valence-corrected chi connectivity index (χ2v) is 6.26. The first-order valence-electron chi connectivity index (χ1n) is 7.53. The largest absolute Gasteiger partial charge is 0.496 e. The van der Waals surface area contributed by atoms with Gasteiger partial charge in [0.25, 0.3) is 11.8 Å². The monoisotopic (exact) mass is 406 g/mol. The van der Waals surface area contributed by atoms with E-state index in [0.717, 1.165) is 11.1 Å². The summed E-state index contributed by atoms with van der Waals surface area (Å²) in [6, 6.07) is 10.6. The van der Waals surface area contributed by atoms with Gasteiger partial charge in [0.05, 0.1) is 11.6 Å². The van der Waals surface area contributed by atoms with E-state index < -0.39 is 11.8 Å². The fraction of sp³-hybridized carbons (Fsp3) is 0.222. The minimum absolute atomic E-state index is 0.198. The molecule has 0 aliphatic carbocycles. The third-order valence-electron chi connectivity index (χ3n) is 3.43. The van der Waals surface area contributed by atoms with E-state index >= 15 is 0 Å². The van der Waals surface area contributed by atoms with Crippen LogP contribution >= 0.6 is 15.9 Å². The Bertz CT molecular complexity index is 793. The zero-order valence-electron chi connectivity index (χ0n) is 14.2. The van der Waals surface area contributed by atoms with Gasteiger partial charge < -0.3 is 9.47 Å². The Balaban J connectivity index is 1.86. The van der Waals surface area contributed by atoms with Crippen molar-refractivity contribution in [3.8, 4) is 11.5 Å². The number of benzene rings is 2. The van der Waals surface area contributed by atoms with Gasteiger partial charge in [-0.1, -0.05) is 12.1 Å². The zero-order chi connectivity index (χ0) is 18.4. The quantitative estimate of drug-likeness (QED) is 0.748. The third-order valence-corrected chi connectivity index (χ3v) is 4.05. The van der Waals surface area contributed by atoms with Crippen molar-refractivity contribution < 1.29 is 19.1 Å². The van der Waals surface area contributed by atoms with Gasteiger partial charge in [-0.25, -0.2) is 0 Å². The average molecular weight is 407 g/mol. The standard InChI is InChI=1S/C18H19BrN2O4/c1-11-4-5-12(2)16(8-11)25-10-17(22)20-21-18(23)13-6-7-15(24-3)14(19)9-13/h4-9H,10H2,1-3H3,(H,20,22)(H,21,23). The molecule has 0 spiro atoms. The van der Waals surface area contributed by atoms with Gasteiger partial charge in [0.1, 0.15) is 11.5 Å². The summed E-state index contributed by atoms with van der Waals surface area (Å²) in [7, 11) is 1.54. The first-order chi connectivity index (χ1) is 11.9. The molecule has 0 saturated heterocycles. The summed E-state index contributed by atoms with van der Waals surface area (Å²) in [5, 5.41) is 0. The highest BCUT2D eigenvalue weighted by Crippen LogP contribution is 2.25. The molecule has 0 heterocycles. The maximum absolute atomic E-state index is 12.0. The number of rotatable bonds is 5. The maximum atomic E-state index is 12.0. The number of hydrogen-bond donors (Lipinski definition) is 2. The number of halogens is 1. The molecule has 0 atom stereocenters. The molecule has 0 aromatic heterocycles. The summed E-state index contributed by atoms with van der Waals surface area (Å²) in [5.74, 6) is 0.355. The smallest absolute Gasteiger partial charge is 0.276 e. The molecule has 0 aliphatic rings. The Morgan fingerprint density at radius 2 is 1.80 bits per heavy atom. The van der Waals surface area contributed by atoms with Crippen LogP contribution < -0.4 is 20.3 Å². The number of hydrogen-bond acceptors (Lipinski definition) is 4. The fourth-order valence-electron chi connectivity index (χ4n) is 2.05. The van der Waals surface area contributed by atoms with E-state index in [-0.39, 0.29) is 6.61 Å². The number of aryl methyl sites for hydroxylation is 2. The molecular weight excluding hydrogens is 388 g/mol. The molecule has 0 fully saturated rings. The van der Waals surface area contributed by atoms with Gasteiger partial charge in [0.15, 0.2) is 6.61 Å². The molecule has 2 aromatic carbocycles. The maximum Gasteiger partial charge on any atom is 0.276 e. The van der Waals surface area contributed by atoms with E-state index in [0.29, 0.717) is 21.5 Å². The van der Waals surface area contributed by atoms with Gasteiger partial charge in [-0.05, 0) is 65.2 Å². The normalized spacial score (nSPS) is 10.1. The van der Waals surface area contributed by atoms with Gasteiger partial charge in [0.2, 0.25) is 0 Å². The molecule has 7 heteroatoms. The molecule has 6 nitrogen and oxygen atoms in total. The van der Waals surface area contributed by atoms with Crippen molar-refractivity contribution >= 4 is 27.7 Å². The van der Waals surface area contributed by atoms with Crippen molar-refractivity contribution in [2.45, 2.75) is 13.8 Å². The highest BCUT2D eigenvalue weighted by molar-refractivity contribution is 9.10. The predicted octanol–water partition coefficient (Wildman–Crippen LogP) is 2.91. The van der Waals surface area contributed by atoms with Crippen LogP contribution in [0.4, 0.5) is 0 Å². The van der Waals surface area contributed by atoms with Crippen LogP contribution in [0.3, 0.4) is 0 Å². The summed E-state index contributed by atoms with van der Waals surface area (Å²) < 4.78 is 11.2. The number of nitrogens with one attached hydrogen (secondary N) is 2. The van der Waals surface area contributed by atoms with Crippen molar-refractivity contribution in [1.29, 1.82) is 0 Å². The van der Waals surface area contributed by atoms with Crippen molar-refractivity contribution in [1.82, 2.24) is 10.9 Å². The number of hydrazine groups is 1. The average Bonchev–Trinajstić information content (AvgIpc) is 2.60. The Labute approximate surface area is 154 Å². The van der Waals surface area contributed by atoms with Crippen LogP contribution in [0.25, 0.3) is 0 Å². The second-order valence-electron chi connectivity index (χ2n) is 5.41. The second kappa shape index (κ2) is 8.53. The molecule has 2 aromatic rings. The van der Waals surface area contributed by atoms with Gasteiger partial charge in [-0.2, -0.15) is 0 Å². The van der Waals surface area contributed by atoms with Crippen LogP contribution in [0.15, 0.2) is 40.9 Å². The number of methoxy groups -OCH3 is 1. The number of carbonyl (C=O) groups is 2. The van der Waals surface area contributed by atoms with Gasteiger partial charge in [-0.3, -0.25) is 20.4 Å². The molecule has 0 unspecified atom stereocenters. The Kier molecular flexibility index (Phi) is 6.41. The van der Waals surface area contributed by atoms with Crippen LogP contribution in [-0.4, -0.2) is 25.5 Å². The summed E-state index contributed by atoms with van der Waals surface area (Å²) in [4.78, 5) is 23.9. The Hall–Kier alpha value is -2.54. The molecular formula is C18H19BrN2O4. The van der Waals surface area contributed by atoms with Crippen LogP contribution in [0, 0.1) is 13.8 Å². The highest BCUT2D eigenvalue weighted by atomic mass is 79.9. The highest BCUT2D eigenvalue weighted by Gasteiger charge is 2.11. The lowest BCUT2D eigenvalue weighted by Gasteiger charge is -2.11. The molecule has 2 amide bonds. The predicted molar refractivity (Wildman–Crippen MR) is 97.7 cm³/mol. The Morgan fingerprint density at radius 3 is 2.48 bits per heavy atom. The summed E-state index contributed by atoms with van der Waals surface area (Å²) >= 11 is 3.31. The molecule has 0 bridgehead atoms. The van der Waals surface area contributed by atoms with Crippen LogP contribution in [-0.2, 0) is 4.79 Å². The van der Waals surface area contributed by atoms with Gasteiger partial charge >= 0.3 is 0 Å². The van der Waals surface area contributed by atoms with E-state index in [1.54, 1.807) is 18.2 Å². The van der Waals surface area contributed by atoms with Gasteiger partial charge in [-0.15, -0.1) is 0 Å². The lowest BCUT2D eigenvalue weighted by Crippen LogP contribution is -2.43. The van der Waals surface area contributed by atoms with Crippen LogP contribution in [0.2, 0.25) is 0 Å². The molecule has 2 rings (SSSR count). The minimum Gasteiger partial charge on any atom is -0.496 e. The molecule has 0 saturated carbocycles. The molecule has 0 radical (unpaired) electrons. The topological polar surface area (TPSA) is 76.7 Å². The first kappa shape index (κ1) is 18.8. The Morgan fingerprint density at radius 1 is 1.04 bits per heavy atom. The van der Waals surface area contributed by atoms with E-state index in [1.807, 2.05) is 32.0 Å². The van der Waals surface area contributed by atoms with E-state index in [1.165, 1.54) is 7.11 Å². The van der Waals surface area contributed by atoms with Crippen molar-refractivity contribution in [2.24, 2.45) is 0 Å². The fourth-order valence-corrected chi connectivity index (χ4v) is 2.59. The lowest BCUT2D eigenvalue weighted by atomic mass is 10.1. The summed E-state index contributed by atoms with van der Waals surface area (Å²) in [6.07, 6.45) is 0. The SMILES string of the molecule is COc1ccc(C(=O)NNC(=O)COc2cc(C)ccc2C)cc1Br. The minimum atomic E-state index is -0.457. The van der Waals surface area contributed by atoms with Crippen LogP contribution in [0.1, 0.15) is 21.5 Å². The molecule has 0 aliphatic heterocycles. The van der Waals surface area contributed by atoms with E-state index in [9.17, 15) is 9.59 Å².